The van der Waals surface area contributed by atoms with Crippen LogP contribution in [0.25, 0.3) is 5.95 Å². The maximum Gasteiger partial charge on any atom is 0.252 e. The Morgan fingerprint density at radius 3 is 2.52 bits per heavy atom. The second kappa shape index (κ2) is 8.60. The van der Waals surface area contributed by atoms with E-state index in [-0.39, 0.29) is 17.4 Å². The highest BCUT2D eigenvalue weighted by atomic mass is 16.2. The second-order valence-corrected chi connectivity index (χ2v) is 6.26. The number of carbonyl (C=O) groups excluding carboxylic acids is 1. The molecule has 0 bridgehead atoms. The Labute approximate surface area is 147 Å². The molecule has 0 saturated heterocycles. The summed E-state index contributed by atoms with van der Waals surface area (Å²) in [7, 11) is 0. The molecule has 0 fully saturated rings. The molecule has 1 amide bonds. The van der Waals surface area contributed by atoms with Gasteiger partial charge in [0.2, 0.25) is 11.9 Å². The molecule has 0 radical (unpaired) electrons. The minimum absolute atomic E-state index is 0.0150. The Bertz CT molecular complexity index is 772. The van der Waals surface area contributed by atoms with Crippen molar-refractivity contribution >= 4 is 11.7 Å². The van der Waals surface area contributed by atoms with Crippen molar-refractivity contribution in [1.29, 1.82) is 0 Å². The topological polar surface area (TPSA) is 92.7 Å². The van der Waals surface area contributed by atoms with Gasteiger partial charge in [-0.2, -0.15) is 9.78 Å². The van der Waals surface area contributed by atoms with Crippen molar-refractivity contribution in [2.75, 3.05) is 5.32 Å². The van der Waals surface area contributed by atoms with Gasteiger partial charge in [0.15, 0.2) is 0 Å². The molecule has 0 unspecified atom stereocenters. The summed E-state index contributed by atoms with van der Waals surface area (Å²) in [6.07, 6.45) is 4.28. The Balaban J connectivity index is 2.33. The van der Waals surface area contributed by atoms with Crippen LogP contribution in [0.4, 0.5) is 5.82 Å². The first-order valence-electron chi connectivity index (χ1n) is 8.96. The summed E-state index contributed by atoms with van der Waals surface area (Å²) in [5.41, 5.74) is 1.18. The number of nitrogens with one attached hydrogen (secondary N) is 2. The number of H-pyrrole nitrogens is 1. The zero-order valence-electron chi connectivity index (χ0n) is 15.4. The second-order valence-electron chi connectivity index (χ2n) is 6.26. The normalized spacial score (nSPS) is 11.1. The molecule has 0 aromatic carbocycles. The Kier molecular flexibility index (Phi) is 6.50. The molecule has 0 aliphatic rings. The number of aryl methyl sites for hydroxylation is 2. The number of amides is 1. The maximum atomic E-state index is 12.6. The summed E-state index contributed by atoms with van der Waals surface area (Å²) in [6, 6.07) is 3.25. The summed E-state index contributed by atoms with van der Waals surface area (Å²) in [5, 5.41) is 7.33. The molecule has 7 heteroatoms. The molecular formula is C18H27N5O2. The standard InChI is InChI=1S/C18H27N5O2/c1-5-8-13(9-6-2)17(25)20-15-10-12(4)22-23(15)18-19-14(7-3)11-16(24)21-18/h10-11,13H,5-9H2,1-4H3,(H,20,25)(H,19,21,24). The van der Waals surface area contributed by atoms with Gasteiger partial charge in [0.05, 0.1) is 5.69 Å². The lowest BCUT2D eigenvalue weighted by atomic mass is 9.97. The predicted molar refractivity (Wildman–Crippen MR) is 98.0 cm³/mol. The quantitative estimate of drug-likeness (QED) is 0.769. The minimum atomic E-state index is -0.234. The van der Waals surface area contributed by atoms with Gasteiger partial charge in [-0.3, -0.25) is 14.6 Å². The van der Waals surface area contributed by atoms with Crippen molar-refractivity contribution in [1.82, 2.24) is 19.7 Å². The fraction of sp³-hybridized carbons (Fsp3) is 0.556. The molecule has 0 spiro atoms. The van der Waals surface area contributed by atoms with E-state index < -0.39 is 0 Å². The number of rotatable bonds is 8. The van der Waals surface area contributed by atoms with Crippen LogP contribution in [-0.4, -0.2) is 25.7 Å². The van der Waals surface area contributed by atoms with Crippen molar-refractivity contribution in [2.45, 2.75) is 59.8 Å². The first-order chi connectivity index (χ1) is 12.0. The molecule has 0 saturated carbocycles. The van der Waals surface area contributed by atoms with Gasteiger partial charge in [0.1, 0.15) is 5.82 Å². The maximum absolute atomic E-state index is 12.6. The molecule has 2 aromatic rings. The van der Waals surface area contributed by atoms with Crippen LogP contribution < -0.4 is 10.9 Å². The van der Waals surface area contributed by atoms with Gasteiger partial charge in [0, 0.05) is 23.7 Å². The minimum Gasteiger partial charge on any atom is -0.310 e. The Morgan fingerprint density at radius 2 is 1.92 bits per heavy atom. The smallest absolute Gasteiger partial charge is 0.252 e. The van der Waals surface area contributed by atoms with E-state index in [0.717, 1.165) is 31.4 Å². The SMILES string of the molecule is CCCC(CCC)C(=O)Nc1cc(C)nn1-c1nc(CC)cc(=O)[nH]1. The van der Waals surface area contributed by atoms with Gasteiger partial charge >= 0.3 is 0 Å². The Hall–Kier alpha value is -2.44. The Morgan fingerprint density at radius 1 is 1.24 bits per heavy atom. The lowest BCUT2D eigenvalue weighted by molar-refractivity contribution is -0.120. The first-order valence-corrected chi connectivity index (χ1v) is 8.96. The molecule has 2 heterocycles. The van der Waals surface area contributed by atoms with Gasteiger partial charge in [-0.05, 0) is 26.2 Å². The third kappa shape index (κ3) is 4.78. The summed E-state index contributed by atoms with van der Waals surface area (Å²) in [4.78, 5) is 31.6. The average Bonchev–Trinajstić information content (AvgIpc) is 2.94. The molecular weight excluding hydrogens is 318 g/mol. The van der Waals surface area contributed by atoms with E-state index in [1.165, 1.54) is 10.7 Å². The number of nitrogens with zero attached hydrogens (tertiary/aromatic N) is 3. The van der Waals surface area contributed by atoms with Crippen molar-refractivity contribution in [2.24, 2.45) is 5.92 Å². The van der Waals surface area contributed by atoms with Gasteiger partial charge in [-0.15, -0.1) is 0 Å². The van der Waals surface area contributed by atoms with E-state index in [4.69, 9.17) is 0 Å². The van der Waals surface area contributed by atoms with E-state index in [2.05, 4.69) is 34.2 Å². The molecule has 0 aliphatic heterocycles. The molecule has 7 nitrogen and oxygen atoms in total. The number of hydrogen-bond donors (Lipinski definition) is 2. The summed E-state index contributed by atoms with van der Waals surface area (Å²) >= 11 is 0. The highest BCUT2D eigenvalue weighted by Gasteiger charge is 2.19. The van der Waals surface area contributed by atoms with E-state index in [9.17, 15) is 9.59 Å². The van der Waals surface area contributed by atoms with Gasteiger partial charge in [-0.1, -0.05) is 33.6 Å². The van der Waals surface area contributed by atoms with Crippen LogP contribution in [0.15, 0.2) is 16.9 Å². The van der Waals surface area contributed by atoms with Crippen LogP contribution in [0.5, 0.6) is 0 Å². The zero-order chi connectivity index (χ0) is 18.4. The number of anilines is 1. The molecule has 136 valence electrons. The molecule has 2 rings (SSSR count). The van der Waals surface area contributed by atoms with E-state index in [1.807, 2.05) is 13.8 Å². The summed E-state index contributed by atoms with van der Waals surface area (Å²) in [6.45, 7) is 7.93. The zero-order valence-corrected chi connectivity index (χ0v) is 15.4. The largest absolute Gasteiger partial charge is 0.310 e. The van der Waals surface area contributed by atoms with Gasteiger partial charge < -0.3 is 5.32 Å². The highest BCUT2D eigenvalue weighted by Crippen LogP contribution is 2.19. The van der Waals surface area contributed by atoms with E-state index in [1.54, 1.807) is 6.07 Å². The first kappa shape index (κ1) is 18.9. The lowest BCUT2D eigenvalue weighted by Crippen LogP contribution is -2.25. The van der Waals surface area contributed by atoms with E-state index >= 15 is 0 Å². The van der Waals surface area contributed by atoms with Crippen LogP contribution in [0.1, 0.15) is 57.8 Å². The highest BCUT2D eigenvalue weighted by molar-refractivity contribution is 5.92. The molecule has 2 N–H and O–H groups in total. The van der Waals surface area contributed by atoms with Crippen molar-refractivity contribution < 1.29 is 4.79 Å². The lowest BCUT2D eigenvalue weighted by Gasteiger charge is -2.15. The summed E-state index contributed by atoms with van der Waals surface area (Å²) < 4.78 is 1.49. The molecule has 2 aromatic heterocycles. The third-order valence-electron chi connectivity index (χ3n) is 4.07. The number of carbonyl (C=O) groups is 1. The van der Waals surface area contributed by atoms with Crippen molar-refractivity contribution in [3.8, 4) is 5.95 Å². The number of aromatic nitrogens is 4. The molecule has 0 aliphatic carbocycles. The van der Waals surface area contributed by atoms with Crippen LogP contribution in [-0.2, 0) is 11.2 Å². The third-order valence-corrected chi connectivity index (χ3v) is 4.07. The van der Waals surface area contributed by atoms with Gasteiger partial charge in [-0.25, -0.2) is 4.98 Å². The van der Waals surface area contributed by atoms with Crippen LogP contribution in [0.3, 0.4) is 0 Å². The number of aromatic amines is 1. The fourth-order valence-electron chi connectivity index (χ4n) is 2.86. The van der Waals surface area contributed by atoms with Crippen LogP contribution >= 0.6 is 0 Å². The average molecular weight is 345 g/mol. The van der Waals surface area contributed by atoms with Crippen molar-refractivity contribution in [3.05, 3.63) is 33.9 Å². The fourth-order valence-corrected chi connectivity index (χ4v) is 2.86. The molecule has 0 atom stereocenters. The molecule has 25 heavy (non-hydrogen) atoms. The number of hydrogen-bond acceptors (Lipinski definition) is 4. The van der Waals surface area contributed by atoms with Crippen LogP contribution in [0, 0.1) is 12.8 Å². The van der Waals surface area contributed by atoms with E-state index in [0.29, 0.717) is 23.9 Å². The van der Waals surface area contributed by atoms with Crippen LogP contribution in [0.2, 0.25) is 0 Å². The summed E-state index contributed by atoms with van der Waals surface area (Å²) in [5.74, 6) is 0.804. The van der Waals surface area contributed by atoms with Gasteiger partial charge in [0.25, 0.3) is 5.56 Å². The predicted octanol–water partition coefficient (Wildman–Crippen LogP) is 2.98. The monoisotopic (exact) mass is 345 g/mol. The van der Waals surface area contributed by atoms with Crippen molar-refractivity contribution in [3.63, 3.8) is 0 Å².